The summed E-state index contributed by atoms with van der Waals surface area (Å²) in [6, 6.07) is 4.92. The van der Waals surface area contributed by atoms with E-state index in [1.165, 1.54) is 7.11 Å². The number of rotatable bonds is 6. The fourth-order valence-corrected chi connectivity index (χ4v) is 1.59. The van der Waals surface area contributed by atoms with Crippen LogP contribution in [-0.2, 0) is 0 Å². The summed E-state index contributed by atoms with van der Waals surface area (Å²) in [7, 11) is 3.03. The molecule has 0 aliphatic heterocycles. The van der Waals surface area contributed by atoms with Crippen LogP contribution in [-0.4, -0.2) is 31.2 Å². The number of aliphatic hydroxyl groups excluding tert-OH is 1. The summed E-state index contributed by atoms with van der Waals surface area (Å²) in [4.78, 5) is 11.9. The Balaban J connectivity index is 3.00. The van der Waals surface area contributed by atoms with Crippen molar-refractivity contribution in [1.82, 2.24) is 0 Å². The van der Waals surface area contributed by atoms with Gasteiger partial charge in [0.1, 0.15) is 17.6 Å². The van der Waals surface area contributed by atoms with Gasteiger partial charge in [-0.05, 0) is 18.6 Å². The van der Waals surface area contributed by atoms with Crippen LogP contribution in [0.1, 0.15) is 30.1 Å². The molecule has 17 heavy (non-hydrogen) atoms. The lowest BCUT2D eigenvalue weighted by Gasteiger charge is -2.12. The summed E-state index contributed by atoms with van der Waals surface area (Å²) >= 11 is 0. The van der Waals surface area contributed by atoms with Crippen LogP contribution in [0.25, 0.3) is 0 Å². The summed E-state index contributed by atoms with van der Waals surface area (Å²) in [6.07, 6.45) is 0.238. The zero-order chi connectivity index (χ0) is 12.8. The average molecular weight is 238 g/mol. The van der Waals surface area contributed by atoms with Crippen molar-refractivity contribution in [1.29, 1.82) is 0 Å². The van der Waals surface area contributed by atoms with E-state index in [1.54, 1.807) is 25.3 Å². The van der Waals surface area contributed by atoms with Crippen LogP contribution < -0.4 is 9.47 Å². The van der Waals surface area contributed by atoms with Crippen molar-refractivity contribution >= 4 is 5.78 Å². The fraction of sp³-hybridized carbons (Fsp3) is 0.462. The first-order valence-electron chi connectivity index (χ1n) is 5.58. The Morgan fingerprint density at radius 3 is 2.59 bits per heavy atom. The monoisotopic (exact) mass is 238 g/mol. The van der Waals surface area contributed by atoms with E-state index < -0.39 is 6.10 Å². The Morgan fingerprint density at radius 1 is 1.35 bits per heavy atom. The second kappa shape index (κ2) is 6.25. The van der Waals surface area contributed by atoms with E-state index in [-0.39, 0.29) is 5.78 Å². The smallest absolute Gasteiger partial charge is 0.194 e. The maximum Gasteiger partial charge on any atom is 0.194 e. The number of hydrogen-bond donors (Lipinski definition) is 1. The minimum Gasteiger partial charge on any atom is -0.497 e. The number of ether oxygens (including phenoxy) is 2. The van der Waals surface area contributed by atoms with Gasteiger partial charge in [-0.3, -0.25) is 4.79 Å². The summed E-state index contributed by atoms with van der Waals surface area (Å²) < 4.78 is 10.2. The standard InChI is InChI=1S/C13H18O4/c1-4-5-11(14)13(15)10-7-6-9(16-2)8-12(10)17-3/h6-8,11,14H,4-5H2,1-3H3. The number of ketones is 1. The molecule has 0 bridgehead atoms. The van der Waals surface area contributed by atoms with Crippen molar-refractivity contribution in [2.75, 3.05) is 14.2 Å². The highest BCUT2D eigenvalue weighted by molar-refractivity contribution is 6.01. The zero-order valence-corrected chi connectivity index (χ0v) is 10.4. The molecule has 4 heteroatoms. The molecule has 1 atom stereocenters. The predicted molar refractivity (Wildman–Crippen MR) is 64.8 cm³/mol. The van der Waals surface area contributed by atoms with E-state index in [2.05, 4.69) is 0 Å². The average Bonchev–Trinajstić information content (AvgIpc) is 2.37. The van der Waals surface area contributed by atoms with Crippen molar-refractivity contribution < 1.29 is 19.4 Å². The van der Waals surface area contributed by atoms with Crippen LogP contribution in [0.15, 0.2) is 18.2 Å². The highest BCUT2D eigenvalue weighted by atomic mass is 16.5. The third-order valence-electron chi connectivity index (χ3n) is 2.54. The van der Waals surface area contributed by atoms with Crippen LogP contribution in [0.4, 0.5) is 0 Å². The van der Waals surface area contributed by atoms with Gasteiger partial charge in [0.05, 0.1) is 19.8 Å². The molecule has 1 aromatic rings. The molecule has 0 aromatic heterocycles. The molecular formula is C13H18O4. The number of benzene rings is 1. The van der Waals surface area contributed by atoms with Crippen molar-refractivity contribution in [3.8, 4) is 11.5 Å². The molecule has 0 aliphatic rings. The first-order chi connectivity index (χ1) is 8.13. The van der Waals surface area contributed by atoms with Gasteiger partial charge in [0.15, 0.2) is 5.78 Å². The lowest BCUT2D eigenvalue weighted by molar-refractivity contribution is 0.0726. The van der Waals surface area contributed by atoms with Crippen LogP contribution in [0.3, 0.4) is 0 Å². The number of methoxy groups -OCH3 is 2. The minimum absolute atomic E-state index is 0.314. The lowest BCUT2D eigenvalue weighted by Crippen LogP contribution is -2.20. The van der Waals surface area contributed by atoms with Crippen LogP contribution in [0.2, 0.25) is 0 Å². The first kappa shape index (κ1) is 13.5. The Bertz CT molecular complexity index is 387. The van der Waals surface area contributed by atoms with Gasteiger partial charge in [-0.1, -0.05) is 13.3 Å². The molecule has 0 fully saturated rings. The Morgan fingerprint density at radius 2 is 2.06 bits per heavy atom. The van der Waals surface area contributed by atoms with Crippen molar-refractivity contribution in [2.24, 2.45) is 0 Å². The molecule has 0 aliphatic carbocycles. The van der Waals surface area contributed by atoms with Crippen molar-refractivity contribution in [2.45, 2.75) is 25.9 Å². The highest BCUT2D eigenvalue weighted by Gasteiger charge is 2.20. The fourth-order valence-electron chi connectivity index (χ4n) is 1.59. The third kappa shape index (κ3) is 3.20. The largest absolute Gasteiger partial charge is 0.497 e. The Labute approximate surface area is 101 Å². The molecule has 0 amide bonds. The normalized spacial score (nSPS) is 12.0. The number of Topliss-reactive ketones (excluding diaryl/α,β-unsaturated/α-hetero) is 1. The summed E-state index contributed by atoms with van der Waals surface area (Å²) in [5, 5.41) is 9.68. The maximum atomic E-state index is 11.9. The van der Waals surface area contributed by atoms with Gasteiger partial charge < -0.3 is 14.6 Å². The molecule has 1 rings (SSSR count). The number of hydrogen-bond acceptors (Lipinski definition) is 4. The molecule has 0 radical (unpaired) electrons. The summed E-state index contributed by atoms with van der Waals surface area (Å²) in [5.74, 6) is 0.722. The van der Waals surface area contributed by atoms with Crippen LogP contribution in [0.5, 0.6) is 11.5 Å². The summed E-state index contributed by atoms with van der Waals surface area (Å²) in [5.41, 5.74) is 0.384. The molecule has 0 saturated heterocycles. The van der Waals surface area contributed by atoms with E-state index >= 15 is 0 Å². The van der Waals surface area contributed by atoms with E-state index in [9.17, 15) is 9.90 Å². The van der Waals surface area contributed by atoms with Gasteiger partial charge in [-0.25, -0.2) is 0 Å². The SMILES string of the molecule is CCCC(O)C(=O)c1ccc(OC)cc1OC. The number of carbonyl (C=O) groups excluding carboxylic acids is 1. The van der Waals surface area contributed by atoms with Gasteiger partial charge in [-0.15, -0.1) is 0 Å². The minimum atomic E-state index is -0.970. The maximum absolute atomic E-state index is 11.9. The van der Waals surface area contributed by atoms with Gasteiger partial charge in [0.2, 0.25) is 0 Å². The molecule has 0 saturated carbocycles. The molecule has 4 nitrogen and oxygen atoms in total. The van der Waals surface area contributed by atoms with Gasteiger partial charge in [-0.2, -0.15) is 0 Å². The van der Waals surface area contributed by atoms with Crippen LogP contribution in [0, 0.1) is 0 Å². The molecular weight excluding hydrogens is 220 g/mol. The molecule has 0 spiro atoms. The van der Waals surface area contributed by atoms with Crippen molar-refractivity contribution in [3.05, 3.63) is 23.8 Å². The predicted octanol–water partition coefficient (Wildman–Crippen LogP) is 2.05. The van der Waals surface area contributed by atoms with E-state index in [1.807, 2.05) is 6.92 Å². The second-order valence-electron chi connectivity index (χ2n) is 3.73. The molecule has 0 heterocycles. The molecule has 1 N–H and O–H groups in total. The Hall–Kier alpha value is -1.55. The first-order valence-corrected chi connectivity index (χ1v) is 5.58. The summed E-state index contributed by atoms with van der Waals surface area (Å²) in [6.45, 7) is 1.92. The molecule has 1 aromatic carbocycles. The zero-order valence-electron chi connectivity index (χ0n) is 10.4. The van der Waals surface area contributed by atoms with E-state index in [0.29, 0.717) is 23.5 Å². The van der Waals surface area contributed by atoms with Gasteiger partial charge in [0.25, 0.3) is 0 Å². The van der Waals surface area contributed by atoms with E-state index in [4.69, 9.17) is 9.47 Å². The molecule has 1 unspecified atom stereocenters. The number of aliphatic hydroxyl groups is 1. The van der Waals surface area contributed by atoms with E-state index in [0.717, 1.165) is 6.42 Å². The lowest BCUT2D eigenvalue weighted by atomic mass is 10.0. The third-order valence-corrected chi connectivity index (χ3v) is 2.54. The topological polar surface area (TPSA) is 55.8 Å². The van der Waals surface area contributed by atoms with Gasteiger partial charge in [0, 0.05) is 6.07 Å². The second-order valence-corrected chi connectivity index (χ2v) is 3.73. The van der Waals surface area contributed by atoms with Crippen LogP contribution >= 0.6 is 0 Å². The van der Waals surface area contributed by atoms with Crippen molar-refractivity contribution in [3.63, 3.8) is 0 Å². The highest BCUT2D eigenvalue weighted by Crippen LogP contribution is 2.26. The van der Waals surface area contributed by atoms with Gasteiger partial charge >= 0.3 is 0 Å². The molecule has 94 valence electrons. The number of carbonyl (C=O) groups is 1. The Kier molecular flexibility index (Phi) is 4.97. The quantitative estimate of drug-likeness (QED) is 0.771.